The van der Waals surface area contributed by atoms with Crippen LogP contribution >= 0.6 is 11.8 Å². The van der Waals surface area contributed by atoms with Crippen molar-refractivity contribution in [3.05, 3.63) is 94.5 Å². The maximum Gasteiger partial charge on any atom is 0.254 e. The van der Waals surface area contributed by atoms with Gasteiger partial charge in [0, 0.05) is 28.9 Å². The van der Waals surface area contributed by atoms with E-state index in [4.69, 9.17) is 0 Å². The van der Waals surface area contributed by atoms with Gasteiger partial charge in [-0.1, -0.05) is 48.0 Å². The van der Waals surface area contributed by atoms with Gasteiger partial charge in [-0.25, -0.2) is 0 Å². The fourth-order valence-corrected chi connectivity index (χ4v) is 4.37. The fraction of sp³-hybridized carbons (Fsp3) is 0.231. The maximum absolute atomic E-state index is 12.7. The quantitative estimate of drug-likeness (QED) is 0.493. The average Bonchev–Trinajstić information content (AvgIpc) is 2.75. The van der Waals surface area contributed by atoms with Gasteiger partial charge in [0.1, 0.15) is 0 Å². The molecule has 0 radical (unpaired) electrons. The average molecular weight is 433 g/mol. The predicted molar refractivity (Wildman–Crippen MR) is 129 cm³/mol. The molecular weight excluding hydrogens is 404 g/mol. The standard InChI is InChI=1S/C26H28N2O2S/c1-18-14-19(2)25(20(3)15-18)27-24(29)16-28(4)26(30)22-12-10-21(11-13-22)17-31-23-8-6-5-7-9-23/h5-15H,16-17H2,1-4H3,(H,27,29). The number of rotatable bonds is 7. The van der Waals surface area contributed by atoms with E-state index in [9.17, 15) is 9.59 Å². The Morgan fingerprint density at radius 1 is 0.903 bits per heavy atom. The van der Waals surface area contributed by atoms with Crippen LogP contribution in [0.3, 0.4) is 0 Å². The molecule has 0 saturated carbocycles. The van der Waals surface area contributed by atoms with E-state index in [1.54, 1.807) is 18.8 Å². The van der Waals surface area contributed by atoms with E-state index in [1.807, 2.05) is 75.4 Å². The molecule has 0 heterocycles. The third-order valence-corrected chi connectivity index (χ3v) is 6.10. The van der Waals surface area contributed by atoms with E-state index in [1.165, 1.54) is 9.80 Å². The lowest BCUT2D eigenvalue weighted by atomic mass is 10.1. The molecule has 0 saturated heterocycles. The van der Waals surface area contributed by atoms with Crippen LogP contribution in [0.25, 0.3) is 0 Å². The molecule has 0 fully saturated rings. The molecule has 0 spiro atoms. The monoisotopic (exact) mass is 432 g/mol. The number of thioether (sulfide) groups is 1. The molecule has 31 heavy (non-hydrogen) atoms. The molecule has 0 aromatic heterocycles. The largest absolute Gasteiger partial charge is 0.332 e. The van der Waals surface area contributed by atoms with E-state index in [0.29, 0.717) is 5.56 Å². The highest BCUT2D eigenvalue weighted by molar-refractivity contribution is 7.98. The number of benzene rings is 3. The number of carbonyl (C=O) groups excluding carboxylic acids is 2. The van der Waals surface area contributed by atoms with Gasteiger partial charge in [0.2, 0.25) is 5.91 Å². The minimum atomic E-state index is -0.207. The lowest BCUT2D eigenvalue weighted by Gasteiger charge is -2.18. The summed E-state index contributed by atoms with van der Waals surface area (Å²) in [6, 6.07) is 21.9. The van der Waals surface area contributed by atoms with E-state index >= 15 is 0 Å². The Kier molecular flexibility index (Phi) is 7.53. The summed E-state index contributed by atoms with van der Waals surface area (Å²) in [6.45, 7) is 5.98. The molecule has 3 aromatic rings. The van der Waals surface area contributed by atoms with Crippen molar-refractivity contribution in [3.8, 4) is 0 Å². The minimum absolute atomic E-state index is 0.00278. The van der Waals surface area contributed by atoms with Gasteiger partial charge in [0.15, 0.2) is 0 Å². The number of anilines is 1. The summed E-state index contributed by atoms with van der Waals surface area (Å²) < 4.78 is 0. The van der Waals surface area contributed by atoms with Gasteiger partial charge in [0.25, 0.3) is 5.91 Å². The summed E-state index contributed by atoms with van der Waals surface area (Å²) in [5.74, 6) is 0.461. The SMILES string of the molecule is Cc1cc(C)c(NC(=O)CN(C)C(=O)c2ccc(CSc3ccccc3)cc2)c(C)c1. The number of nitrogens with one attached hydrogen (secondary N) is 1. The molecule has 0 aliphatic rings. The highest BCUT2D eigenvalue weighted by Gasteiger charge is 2.16. The molecule has 0 aliphatic heterocycles. The Morgan fingerprint density at radius 2 is 1.52 bits per heavy atom. The van der Waals surface area contributed by atoms with Gasteiger partial charge < -0.3 is 10.2 Å². The number of likely N-dealkylation sites (N-methyl/N-ethyl adjacent to an activating group) is 1. The summed E-state index contributed by atoms with van der Waals surface area (Å²) in [7, 11) is 1.65. The second kappa shape index (κ2) is 10.3. The van der Waals surface area contributed by atoms with E-state index in [-0.39, 0.29) is 18.4 Å². The highest BCUT2D eigenvalue weighted by Crippen LogP contribution is 2.23. The number of carbonyl (C=O) groups is 2. The molecule has 1 N–H and O–H groups in total. The van der Waals surface area contributed by atoms with Gasteiger partial charge in [0.05, 0.1) is 6.54 Å². The normalized spacial score (nSPS) is 10.6. The Balaban J connectivity index is 1.56. The van der Waals surface area contributed by atoms with Crippen LogP contribution in [0.5, 0.6) is 0 Å². The van der Waals surface area contributed by atoms with E-state index in [2.05, 4.69) is 17.4 Å². The maximum atomic E-state index is 12.7. The molecule has 3 aromatic carbocycles. The smallest absolute Gasteiger partial charge is 0.254 e. The van der Waals surface area contributed by atoms with Gasteiger partial charge >= 0.3 is 0 Å². The second-order valence-corrected chi connectivity index (χ2v) is 8.83. The van der Waals surface area contributed by atoms with E-state index in [0.717, 1.165) is 33.7 Å². The first kappa shape index (κ1) is 22.6. The van der Waals surface area contributed by atoms with Crippen molar-refractivity contribution in [1.29, 1.82) is 0 Å². The third kappa shape index (κ3) is 6.22. The summed E-state index contributed by atoms with van der Waals surface area (Å²) in [6.07, 6.45) is 0. The molecule has 160 valence electrons. The molecule has 0 bridgehead atoms. The van der Waals surface area contributed by atoms with Crippen molar-refractivity contribution >= 4 is 29.3 Å². The molecule has 3 rings (SSSR count). The van der Waals surface area contributed by atoms with Crippen molar-refractivity contribution in [2.24, 2.45) is 0 Å². The Labute approximate surface area is 188 Å². The highest BCUT2D eigenvalue weighted by atomic mass is 32.2. The second-order valence-electron chi connectivity index (χ2n) is 7.78. The topological polar surface area (TPSA) is 49.4 Å². The lowest BCUT2D eigenvalue weighted by Crippen LogP contribution is -2.35. The Bertz CT molecular complexity index is 1040. The van der Waals surface area contributed by atoms with Crippen molar-refractivity contribution < 1.29 is 9.59 Å². The Hall–Kier alpha value is -3.05. The number of hydrogen-bond acceptors (Lipinski definition) is 3. The van der Waals surface area contributed by atoms with Crippen molar-refractivity contribution in [2.45, 2.75) is 31.4 Å². The third-order valence-electron chi connectivity index (χ3n) is 5.02. The van der Waals surface area contributed by atoms with Crippen LogP contribution < -0.4 is 5.32 Å². The molecular formula is C26H28N2O2S. The van der Waals surface area contributed by atoms with Crippen molar-refractivity contribution in [3.63, 3.8) is 0 Å². The molecule has 0 aliphatic carbocycles. The van der Waals surface area contributed by atoms with Gasteiger partial charge in [-0.3, -0.25) is 9.59 Å². The lowest BCUT2D eigenvalue weighted by molar-refractivity contribution is -0.116. The van der Waals surface area contributed by atoms with Gasteiger partial charge in [-0.2, -0.15) is 0 Å². The summed E-state index contributed by atoms with van der Waals surface area (Å²) in [5, 5.41) is 2.95. The van der Waals surface area contributed by atoms with Crippen molar-refractivity contribution in [2.75, 3.05) is 18.9 Å². The van der Waals surface area contributed by atoms with Crippen LogP contribution in [0.1, 0.15) is 32.6 Å². The number of aryl methyl sites for hydroxylation is 3. The van der Waals surface area contributed by atoms with Crippen LogP contribution in [0.4, 0.5) is 5.69 Å². The zero-order valence-electron chi connectivity index (χ0n) is 18.4. The van der Waals surface area contributed by atoms with Crippen LogP contribution in [0.2, 0.25) is 0 Å². The molecule has 4 nitrogen and oxygen atoms in total. The first-order valence-electron chi connectivity index (χ1n) is 10.2. The molecule has 0 atom stereocenters. The number of hydrogen-bond donors (Lipinski definition) is 1. The first-order valence-corrected chi connectivity index (χ1v) is 11.2. The fourth-order valence-electron chi connectivity index (χ4n) is 3.49. The summed E-state index contributed by atoms with van der Waals surface area (Å²) in [4.78, 5) is 27.9. The Morgan fingerprint density at radius 3 is 2.13 bits per heavy atom. The van der Waals surface area contributed by atoms with Crippen LogP contribution in [0, 0.1) is 20.8 Å². The number of amides is 2. The van der Waals surface area contributed by atoms with Crippen LogP contribution in [-0.4, -0.2) is 30.3 Å². The predicted octanol–water partition coefficient (Wildman–Crippen LogP) is 5.61. The molecule has 5 heteroatoms. The van der Waals surface area contributed by atoms with Gasteiger partial charge in [-0.15, -0.1) is 11.8 Å². The minimum Gasteiger partial charge on any atom is -0.332 e. The summed E-state index contributed by atoms with van der Waals surface area (Å²) >= 11 is 1.76. The van der Waals surface area contributed by atoms with Gasteiger partial charge in [-0.05, 0) is 61.7 Å². The summed E-state index contributed by atoms with van der Waals surface area (Å²) in [5.41, 5.74) is 5.73. The molecule has 2 amide bonds. The zero-order valence-corrected chi connectivity index (χ0v) is 19.3. The van der Waals surface area contributed by atoms with Crippen molar-refractivity contribution in [1.82, 2.24) is 4.90 Å². The number of nitrogens with zero attached hydrogens (tertiary/aromatic N) is 1. The van der Waals surface area contributed by atoms with Crippen LogP contribution in [0.15, 0.2) is 71.6 Å². The van der Waals surface area contributed by atoms with Crippen LogP contribution in [-0.2, 0) is 10.5 Å². The van der Waals surface area contributed by atoms with E-state index < -0.39 is 0 Å². The molecule has 0 unspecified atom stereocenters. The zero-order chi connectivity index (χ0) is 22.4. The first-order chi connectivity index (χ1) is 14.8.